The fraction of sp³-hybridized carbons (Fsp3) is 0. The van der Waals surface area contributed by atoms with Crippen molar-refractivity contribution in [3.63, 3.8) is 0 Å². The summed E-state index contributed by atoms with van der Waals surface area (Å²) in [6, 6.07) is 21.3. The molecule has 1 heterocycles. The number of nitrogens with zero attached hydrogens (tertiary/aromatic N) is 4. The third-order valence-corrected chi connectivity index (χ3v) is 2.62. The van der Waals surface area contributed by atoms with Crippen molar-refractivity contribution in [2.45, 2.75) is 0 Å². The summed E-state index contributed by atoms with van der Waals surface area (Å²) in [5, 5.41) is 12.6. The van der Waals surface area contributed by atoms with Gasteiger partial charge >= 0.3 is 0 Å². The van der Waals surface area contributed by atoms with Crippen LogP contribution in [0.25, 0.3) is 5.69 Å². The maximum absolute atomic E-state index is 4.35. The van der Waals surface area contributed by atoms with Gasteiger partial charge in [-0.2, -0.15) is 0 Å². The first-order chi connectivity index (χ1) is 9.42. The van der Waals surface area contributed by atoms with Crippen LogP contribution in [0.5, 0.6) is 0 Å². The monoisotopic (exact) mass is 248 g/mol. The zero-order valence-corrected chi connectivity index (χ0v) is 10.2. The Morgan fingerprint density at radius 3 is 2.16 bits per heavy atom. The molecule has 3 rings (SSSR count). The van der Waals surface area contributed by atoms with Crippen molar-refractivity contribution in [1.29, 1.82) is 0 Å². The van der Waals surface area contributed by atoms with Gasteiger partial charge in [-0.3, -0.25) is 0 Å². The fourth-order valence-corrected chi connectivity index (χ4v) is 1.70. The lowest BCUT2D eigenvalue weighted by Gasteiger charge is -1.98. The van der Waals surface area contributed by atoms with Crippen molar-refractivity contribution in [2.24, 2.45) is 10.2 Å². The van der Waals surface area contributed by atoms with E-state index in [1.54, 1.807) is 4.68 Å². The minimum absolute atomic E-state index is 0.590. The zero-order valence-electron chi connectivity index (χ0n) is 10.2. The average molecular weight is 248 g/mol. The maximum atomic E-state index is 4.35. The van der Waals surface area contributed by atoms with Crippen LogP contribution in [0.4, 0.5) is 11.5 Å². The molecule has 0 aliphatic heterocycles. The Labute approximate surface area is 111 Å². The fourth-order valence-electron chi connectivity index (χ4n) is 1.70. The van der Waals surface area contributed by atoms with Crippen LogP contribution in [0.15, 0.2) is 83.2 Å². The van der Waals surface area contributed by atoms with E-state index in [-0.39, 0.29) is 0 Å². The molecule has 0 atom stereocenters. The van der Waals surface area contributed by atoms with E-state index in [4.69, 9.17) is 0 Å². The van der Waals surface area contributed by atoms with E-state index in [9.17, 15) is 0 Å². The molecular weight excluding hydrogens is 236 g/mol. The molecule has 1 aromatic heterocycles. The third kappa shape index (κ3) is 2.74. The lowest BCUT2D eigenvalue weighted by Crippen LogP contribution is -1.92. The lowest BCUT2D eigenvalue weighted by atomic mass is 10.3. The van der Waals surface area contributed by atoms with Crippen molar-refractivity contribution in [3.05, 3.63) is 72.9 Å². The van der Waals surface area contributed by atoms with Crippen molar-refractivity contribution in [3.8, 4) is 5.69 Å². The van der Waals surface area contributed by atoms with Crippen LogP contribution in [-0.4, -0.2) is 9.78 Å². The molecule has 0 aliphatic carbocycles. The minimum Gasteiger partial charge on any atom is -0.239 e. The molecule has 3 aromatic rings. The van der Waals surface area contributed by atoms with Crippen LogP contribution >= 0.6 is 0 Å². The van der Waals surface area contributed by atoms with Gasteiger partial charge in [-0.05, 0) is 24.3 Å². The SMILES string of the molecule is c1ccc(N=Nc2ccn(-c3ccccc3)n2)cc1. The Morgan fingerprint density at radius 2 is 1.42 bits per heavy atom. The van der Waals surface area contributed by atoms with Crippen molar-refractivity contribution in [1.82, 2.24) is 9.78 Å². The minimum atomic E-state index is 0.590. The quantitative estimate of drug-likeness (QED) is 0.637. The highest BCUT2D eigenvalue weighted by Crippen LogP contribution is 2.17. The summed E-state index contributed by atoms with van der Waals surface area (Å²) < 4.78 is 1.78. The highest BCUT2D eigenvalue weighted by molar-refractivity contribution is 5.37. The standard InChI is InChI=1S/C15H12N4/c1-3-7-13(8-4-1)16-17-15-11-12-19(18-15)14-9-5-2-6-10-14/h1-12H. The normalized spacial score (nSPS) is 10.9. The van der Waals surface area contributed by atoms with Crippen molar-refractivity contribution >= 4 is 11.5 Å². The van der Waals surface area contributed by atoms with Crippen LogP contribution in [0.1, 0.15) is 0 Å². The van der Waals surface area contributed by atoms with E-state index in [0.29, 0.717) is 5.82 Å². The number of benzene rings is 2. The van der Waals surface area contributed by atoms with Crippen molar-refractivity contribution in [2.75, 3.05) is 0 Å². The molecule has 0 fully saturated rings. The van der Waals surface area contributed by atoms with E-state index in [2.05, 4.69) is 15.3 Å². The van der Waals surface area contributed by atoms with Crippen molar-refractivity contribution < 1.29 is 0 Å². The Balaban J connectivity index is 1.81. The summed E-state index contributed by atoms with van der Waals surface area (Å²) in [6.45, 7) is 0. The maximum Gasteiger partial charge on any atom is 0.196 e. The predicted octanol–water partition coefficient (Wildman–Crippen LogP) is 4.29. The Hall–Kier alpha value is -2.75. The molecule has 0 spiro atoms. The molecule has 0 bridgehead atoms. The number of hydrogen-bond donors (Lipinski definition) is 0. The number of rotatable bonds is 3. The van der Waals surface area contributed by atoms with Gasteiger partial charge in [-0.1, -0.05) is 36.4 Å². The van der Waals surface area contributed by atoms with Gasteiger partial charge in [0.25, 0.3) is 0 Å². The van der Waals surface area contributed by atoms with E-state index >= 15 is 0 Å². The first kappa shape index (κ1) is 11.3. The molecule has 4 nitrogen and oxygen atoms in total. The topological polar surface area (TPSA) is 42.5 Å². The van der Waals surface area contributed by atoms with Gasteiger partial charge in [0.15, 0.2) is 5.82 Å². The third-order valence-electron chi connectivity index (χ3n) is 2.62. The number of hydrogen-bond acceptors (Lipinski definition) is 3. The molecule has 0 N–H and O–H groups in total. The van der Waals surface area contributed by atoms with Crippen LogP contribution in [-0.2, 0) is 0 Å². The molecule has 0 amide bonds. The molecular formula is C15H12N4. The molecule has 2 aromatic carbocycles. The van der Waals surface area contributed by atoms with Gasteiger partial charge in [0, 0.05) is 12.3 Å². The van der Waals surface area contributed by atoms with Crippen LogP contribution in [0.2, 0.25) is 0 Å². The molecule has 0 aliphatic rings. The second kappa shape index (κ2) is 5.27. The highest BCUT2D eigenvalue weighted by Gasteiger charge is 1.99. The zero-order chi connectivity index (χ0) is 12.9. The van der Waals surface area contributed by atoms with Gasteiger partial charge in [-0.15, -0.1) is 15.3 Å². The molecule has 0 unspecified atom stereocenters. The predicted molar refractivity (Wildman–Crippen MR) is 74.2 cm³/mol. The summed E-state index contributed by atoms with van der Waals surface area (Å²) >= 11 is 0. The van der Waals surface area contributed by atoms with Gasteiger partial charge in [0.2, 0.25) is 0 Å². The molecule has 92 valence electrons. The Morgan fingerprint density at radius 1 is 0.737 bits per heavy atom. The molecule has 0 saturated heterocycles. The lowest BCUT2D eigenvalue weighted by molar-refractivity contribution is 0.875. The largest absolute Gasteiger partial charge is 0.239 e. The van der Waals surface area contributed by atoms with Gasteiger partial charge in [0.05, 0.1) is 11.4 Å². The summed E-state index contributed by atoms with van der Waals surface area (Å²) in [6.07, 6.45) is 1.87. The molecule has 0 saturated carbocycles. The molecule has 0 radical (unpaired) electrons. The first-order valence-electron chi connectivity index (χ1n) is 6.00. The number of azo groups is 1. The summed E-state index contributed by atoms with van der Waals surface area (Å²) in [5.74, 6) is 0.590. The van der Waals surface area contributed by atoms with Crippen LogP contribution in [0.3, 0.4) is 0 Å². The first-order valence-corrected chi connectivity index (χ1v) is 6.00. The average Bonchev–Trinajstić information content (AvgIpc) is 2.96. The van der Waals surface area contributed by atoms with Crippen LogP contribution in [0, 0.1) is 0 Å². The Bertz CT molecular complexity index is 672. The Kier molecular flexibility index (Phi) is 3.14. The number of para-hydroxylation sites is 1. The van der Waals surface area contributed by atoms with Gasteiger partial charge < -0.3 is 0 Å². The molecule has 4 heteroatoms. The second-order valence-electron chi connectivity index (χ2n) is 3.99. The van der Waals surface area contributed by atoms with E-state index < -0.39 is 0 Å². The summed E-state index contributed by atoms with van der Waals surface area (Å²) in [5.41, 5.74) is 1.82. The van der Waals surface area contributed by atoms with Gasteiger partial charge in [-0.25, -0.2) is 4.68 Å². The van der Waals surface area contributed by atoms with Gasteiger partial charge in [0.1, 0.15) is 0 Å². The van der Waals surface area contributed by atoms with E-state index in [1.807, 2.05) is 72.9 Å². The second-order valence-corrected chi connectivity index (χ2v) is 3.99. The molecule has 19 heavy (non-hydrogen) atoms. The highest BCUT2D eigenvalue weighted by atomic mass is 15.3. The smallest absolute Gasteiger partial charge is 0.196 e. The number of aromatic nitrogens is 2. The van der Waals surface area contributed by atoms with E-state index in [1.165, 1.54) is 0 Å². The van der Waals surface area contributed by atoms with E-state index in [0.717, 1.165) is 11.4 Å². The van der Waals surface area contributed by atoms with Crippen LogP contribution < -0.4 is 0 Å². The summed E-state index contributed by atoms with van der Waals surface area (Å²) in [7, 11) is 0. The summed E-state index contributed by atoms with van der Waals surface area (Å²) in [4.78, 5) is 0.